The van der Waals surface area contributed by atoms with Gasteiger partial charge in [-0.3, -0.25) is 4.79 Å². The Balaban J connectivity index is 1.43. The molecule has 0 saturated carbocycles. The molecule has 7 nitrogen and oxygen atoms in total. The number of nitrogens with zero attached hydrogens (tertiary/aromatic N) is 2. The second kappa shape index (κ2) is 13.8. The van der Waals surface area contributed by atoms with Crippen molar-refractivity contribution in [2.24, 2.45) is 0 Å². The van der Waals surface area contributed by atoms with Crippen LogP contribution in [0.4, 0.5) is 0 Å². The first-order chi connectivity index (χ1) is 21.2. The summed E-state index contributed by atoms with van der Waals surface area (Å²) < 4.78 is 7.92. The molecule has 0 aliphatic carbocycles. The van der Waals surface area contributed by atoms with Crippen LogP contribution in [0.1, 0.15) is 57.6 Å². The number of aromatic carboxylic acids is 1. The number of halogens is 2. The van der Waals surface area contributed by atoms with Crippen LogP contribution in [-0.2, 0) is 19.4 Å². The predicted octanol–water partition coefficient (Wildman–Crippen LogP) is 8.64. The summed E-state index contributed by atoms with van der Waals surface area (Å²) in [6.07, 6.45) is 3.30. The molecule has 0 fully saturated rings. The molecule has 5 aromatic rings. The van der Waals surface area contributed by atoms with Gasteiger partial charge < -0.3 is 19.7 Å². The number of hydrogen-bond acceptors (Lipinski definition) is 4. The van der Waals surface area contributed by atoms with Crippen LogP contribution in [-0.4, -0.2) is 26.5 Å². The fourth-order valence-electron chi connectivity index (χ4n) is 4.86. The Labute approximate surface area is 266 Å². The van der Waals surface area contributed by atoms with Crippen molar-refractivity contribution in [1.82, 2.24) is 14.9 Å². The van der Waals surface area contributed by atoms with E-state index in [0.717, 1.165) is 23.1 Å². The Kier molecular flexibility index (Phi) is 9.68. The minimum absolute atomic E-state index is 0.189. The number of rotatable bonds is 11. The minimum Gasteiger partial charge on any atom is -0.478 e. The molecule has 0 aliphatic heterocycles. The Morgan fingerprint density at radius 2 is 1.48 bits per heavy atom. The maximum atomic E-state index is 13.5. The Bertz CT molecular complexity index is 1770. The largest absolute Gasteiger partial charge is 0.478 e. The number of carbonyl (C=O) groups excluding carboxylic acids is 1. The van der Waals surface area contributed by atoms with Crippen molar-refractivity contribution in [2.75, 3.05) is 0 Å². The zero-order valence-corrected chi connectivity index (χ0v) is 25.8. The molecule has 5 rings (SSSR count). The lowest BCUT2D eigenvalue weighted by Crippen LogP contribution is -2.32. The standard InChI is InChI=1S/C35H31Cl2N3O4/c1-3-22-5-9-24(10-6-22)34(41)39-31(33-38-32(21-40(33)4-2)29-18-13-26(36)20-30(29)37)19-23-7-14-27(15-8-23)44-28-16-11-25(12-17-28)35(42)43/h5-18,20-21,31H,3-4,19H2,1-2H3,(H,39,41)(H,42,43)/t31-/m0/s1. The second-order valence-electron chi connectivity index (χ2n) is 10.3. The number of imidazole rings is 1. The van der Waals surface area contributed by atoms with Gasteiger partial charge in [0.15, 0.2) is 0 Å². The van der Waals surface area contributed by atoms with E-state index in [1.165, 1.54) is 12.1 Å². The van der Waals surface area contributed by atoms with E-state index in [9.17, 15) is 9.59 Å². The molecule has 1 heterocycles. The third-order valence-electron chi connectivity index (χ3n) is 7.30. The van der Waals surface area contributed by atoms with Gasteiger partial charge in [0.05, 0.1) is 22.3 Å². The number of aryl methyl sites for hydroxylation is 2. The van der Waals surface area contributed by atoms with E-state index in [1.54, 1.807) is 24.3 Å². The maximum Gasteiger partial charge on any atom is 0.335 e. The minimum atomic E-state index is -0.993. The molecule has 0 radical (unpaired) electrons. The van der Waals surface area contributed by atoms with E-state index in [2.05, 4.69) is 12.2 Å². The summed E-state index contributed by atoms with van der Waals surface area (Å²) in [5.74, 6) is 0.640. The molecule has 224 valence electrons. The van der Waals surface area contributed by atoms with Crippen molar-refractivity contribution in [1.29, 1.82) is 0 Å². The fraction of sp³-hybridized carbons (Fsp3) is 0.171. The van der Waals surface area contributed by atoms with Gasteiger partial charge in [-0.2, -0.15) is 0 Å². The van der Waals surface area contributed by atoms with Gasteiger partial charge in [0.2, 0.25) is 0 Å². The quantitative estimate of drug-likeness (QED) is 0.153. The van der Waals surface area contributed by atoms with Crippen molar-refractivity contribution < 1.29 is 19.4 Å². The van der Waals surface area contributed by atoms with Crippen LogP contribution in [0, 0.1) is 0 Å². The molecule has 2 N–H and O–H groups in total. The molecule has 1 atom stereocenters. The fourth-order valence-corrected chi connectivity index (χ4v) is 5.37. The molecule has 0 spiro atoms. The molecule has 9 heteroatoms. The summed E-state index contributed by atoms with van der Waals surface area (Å²) in [5, 5.41) is 13.4. The molecule has 0 aliphatic rings. The van der Waals surface area contributed by atoms with Gasteiger partial charge in [-0.05, 0) is 97.6 Å². The van der Waals surface area contributed by atoms with Gasteiger partial charge in [0.1, 0.15) is 17.3 Å². The molecule has 0 bridgehead atoms. The number of ether oxygens (including phenoxy) is 1. The molecule has 0 unspecified atom stereocenters. The van der Waals surface area contributed by atoms with Gasteiger partial charge in [0.25, 0.3) is 5.91 Å². The lowest BCUT2D eigenvalue weighted by Gasteiger charge is -2.20. The highest BCUT2D eigenvalue weighted by Gasteiger charge is 2.23. The summed E-state index contributed by atoms with van der Waals surface area (Å²) in [4.78, 5) is 29.6. The first-order valence-electron chi connectivity index (χ1n) is 14.3. The smallest absolute Gasteiger partial charge is 0.335 e. The van der Waals surface area contributed by atoms with Gasteiger partial charge >= 0.3 is 5.97 Å². The Hall–Kier alpha value is -4.59. The number of hydrogen-bond donors (Lipinski definition) is 2. The average molecular weight is 629 g/mol. The van der Waals surface area contributed by atoms with Crippen LogP contribution < -0.4 is 10.1 Å². The van der Waals surface area contributed by atoms with Crippen molar-refractivity contribution >= 4 is 35.1 Å². The lowest BCUT2D eigenvalue weighted by molar-refractivity contribution is 0.0696. The number of benzene rings is 4. The van der Waals surface area contributed by atoms with Gasteiger partial charge in [-0.1, -0.05) is 54.4 Å². The highest BCUT2D eigenvalue weighted by molar-refractivity contribution is 6.36. The molecular weight excluding hydrogens is 597 g/mol. The van der Waals surface area contributed by atoms with Crippen molar-refractivity contribution in [3.63, 3.8) is 0 Å². The van der Waals surface area contributed by atoms with Gasteiger partial charge in [0, 0.05) is 28.9 Å². The summed E-state index contributed by atoms with van der Waals surface area (Å²) in [6.45, 7) is 4.74. The molecule has 4 aromatic carbocycles. The van der Waals surface area contributed by atoms with Crippen LogP contribution in [0.15, 0.2) is 97.2 Å². The van der Waals surface area contributed by atoms with Crippen LogP contribution >= 0.6 is 23.2 Å². The molecule has 1 aromatic heterocycles. The summed E-state index contributed by atoms with van der Waals surface area (Å²) in [6, 6.07) is 26.2. The second-order valence-corrected chi connectivity index (χ2v) is 11.1. The zero-order chi connectivity index (χ0) is 31.2. The van der Waals surface area contributed by atoms with E-state index in [0.29, 0.717) is 51.6 Å². The lowest BCUT2D eigenvalue weighted by atomic mass is 10.0. The maximum absolute atomic E-state index is 13.5. The zero-order valence-electron chi connectivity index (χ0n) is 24.3. The number of aromatic nitrogens is 2. The van der Waals surface area contributed by atoms with Crippen molar-refractivity contribution in [3.05, 3.63) is 135 Å². The SMILES string of the molecule is CCc1ccc(C(=O)N[C@@H](Cc2ccc(Oc3ccc(C(=O)O)cc3)cc2)c2nc(-c3ccc(Cl)cc3Cl)cn2CC)cc1. The monoisotopic (exact) mass is 627 g/mol. The normalized spacial score (nSPS) is 11.6. The van der Waals surface area contributed by atoms with E-state index in [-0.39, 0.29) is 11.5 Å². The highest BCUT2D eigenvalue weighted by atomic mass is 35.5. The van der Waals surface area contributed by atoms with E-state index < -0.39 is 12.0 Å². The molecule has 1 amide bonds. The number of carboxylic acids is 1. The number of nitrogens with one attached hydrogen (secondary N) is 1. The van der Waals surface area contributed by atoms with E-state index in [1.807, 2.05) is 72.3 Å². The molecule has 44 heavy (non-hydrogen) atoms. The summed E-state index contributed by atoms with van der Waals surface area (Å²) in [7, 11) is 0. The topological polar surface area (TPSA) is 93.4 Å². The average Bonchev–Trinajstić information content (AvgIpc) is 3.46. The van der Waals surface area contributed by atoms with Crippen molar-refractivity contribution in [2.45, 2.75) is 39.3 Å². The van der Waals surface area contributed by atoms with Gasteiger partial charge in [-0.15, -0.1) is 0 Å². The summed E-state index contributed by atoms with van der Waals surface area (Å²) in [5.41, 5.74) is 4.32. The van der Waals surface area contributed by atoms with Crippen LogP contribution in [0.2, 0.25) is 10.0 Å². The summed E-state index contributed by atoms with van der Waals surface area (Å²) >= 11 is 12.6. The third kappa shape index (κ3) is 7.30. The Morgan fingerprint density at radius 1 is 0.864 bits per heavy atom. The molecular formula is C35H31Cl2N3O4. The number of amides is 1. The third-order valence-corrected chi connectivity index (χ3v) is 7.84. The van der Waals surface area contributed by atoms with E-state index >= 15 is 0 Å². The highest BCUT2D eigenvalue weighted by Crippen LogP contribution is 2.32. The van der Waals surface area contributed by atoms with E-state index in [4.69, 9.17) is 38.0 Å². The molecule has 0 saturated heterocycles. The van der Waals surface area contributed by atoms with Gasteiger partial charge in [-0.25, -0.2) is 9.78 Å². The Morgan fingerprint density at radius 3 is 2.07 bits per heavy atom. The van der Waals surface area contributed by atoms with Crippen LogP contribution in [0.3, 0.4) is 0 Å². The first kappa shape index (κ1) is 30.9. The number of carboxylic acid groups (broad SMARTS) is 1. The van der Waals surface area contributed by atoms with Crippen molar-refractivity contribution in [3.8, 4) is 22.8 Å². The van der Waals surface area contributed by atoms with Crippen LogP contribution in [0.5, 0.6) is 11.5 Å². The number of carbonyl (C=O) groups is 2. The van der Waals surface area contributed by atoms with Crippen LogP contribution in [0.25, 0.3) is 11.3 Å². The first-order valence-corrected chi connectivity index (χ1v) is 15.0. The predicted molar refractivity (Wildman–Crippen MR) is 173 cm³/mol.